The first kappa shape index (κ1) is 21.0. The van der Waals surface area contributed by atoms with Crippen molar-refractivity contribution in [1.29, 1.82) is 5.26 Å². The van der Waals surface area contributed by atoms with Crippen LogP contribution in [0, 0.1) is 40.4 Å². The lowest BCUT2D eigenvalue weighted by Crippen LogP contribution is -2.33. The van der Waals surface area contributed by atoms with Gasteiger partial charge in [0.1, 0.15) is 0 Å². The highest BCUT2D eigenvalue weighted by Gasteiger charge is 2.41. The summed E-state index contributed by atoms with van der Waals surface area (Å²) in [7, 11) is 0. The van der Waals surface area contributed by atoms with Gasteiger partial charge in [0.25, 0.3) is 0 Å². The third kappa shape index (κ3) is 5.19. The van der Waals surface area contributed by atoms with Crippen LogP contribution in [-0.4, -0.2) is 0 Å². The molecule has 1 nitrogen and oxygen atoms in total. The number of nitrogens with zero attached hydrogens (tertiary/aromatic N) is 1. The maximum absolute atomic E-state index is 10.1. The maximum Gasteiger partial charge on any atom is 0.0782 e. The van der Waals surface area contributed by atoms with Crippen molar-refractivity contribution < 1.29 is 0 Å². The Kier molecular flexibility index (Phi) is 7.86. The summed E-state index contributed by atoms with van der Waals surface area (Å²) < 4.78 is 0. The third-order valence-electron chi connectivity index (χ3n) is 8.45. The normalized spacial score (nSPS) is 37.4. The Morgan fingerprint density at radius 3 is 2.15 bits per heavy atom. The summed E-state index contributed by atoms with van der Waals surface area (Å²) in [5.41, 5.74) is 1.44. The van der Waals surface area contributed by atoms with Crippen LogP contribution in [0.25, 0.3) is 0 Å². The van der Waals surface area contributed by atoms with Gasteiger partial charge in [-0.25, -0.2) is 0 Å². The fourth-order valence-electron chi connectivity index (χ4n) is 6.54. The van der Waals surface area contributed by atoms with E-state index in [0.29, 0.717) is 0 Å². The molecule has 0 radical (unpaired) electrons. The molecule has 1 atom stereocenters. The van der Waals surface area contributed by atoms with Crippen molar-refractivity contribution >= 4 is 0 Å². The van der Waals surface area contributed by atoms with Gasteiger partial charge in [0, 0.05) is 0 Å². The van der Waals surface area contributed by atoms with E-state index >= 15 is 0 Å². The van der Waals surface area contributed by atoms with Crippen LogP contribution >= 0.6 is 0 Å². The average molecular weight is 370 g/mol. The van der Waals surface area contributed by atoms with Crippen LogP contribution in [0.15, 0.2) is 11.6 Å². The van der Waals surface area contributed by atoms with Gasteiger partial charge in [-0.15, -0.1) is 0 Å². The highest BCUT2D eigenvalue weighted by molar-refractivity contribution is 5.26. The minimum Gasteiger partial charge on any atom is -0.197 e. The molecule has 2 fully saturated rings. The van der Waals surface area contributed by atoms with Crippen molar-refractivity contribution in [3.05, 3.63) is 11.6 Å². The number of allylic oxidation sites excluding steroid dienone is 2. The van der Waals surface area contributed by atoms with Crippen LogP contribution in [0.4, 0.5) is 0 Å². The van der Waals surface area contributed by atoms with E-state index < -0.39 is 0 Å². The van der Waals surface area contributed by atoms with Gasteiger partial charge in [0.2, 0.25) is 0 Å². The molecule has 0 aliphatic heterocycles. The molecule has 2 saturated carbocycles. The zero-order valence-electron chi connectivity index (χ0n) is 18.1. The summed E-state index contributed by atoms with van der Waals surface area (Å²) in [6.07, 6.45) is 24.0. The first-order chi connectivity index (χ1) is 13.2. The van der Waals surface area contributed by atoms with E-state index in [1.54, 1.807) is 0 Å². The monoisotopic (exact) mass is 369 g/mol. The lowest BCUT2D eigenvalue weighted by molar-refractivity contribution is 0.131. The molecule has 0 saturated heterocycles. The third-order valence-corrected chi connectivity index (χ3v) is 8.45. The molecular weight excluding hydrogens is 326 g/mol. The van der Waals surface area contributed by atoms with E-state index in [0.717, 1.165) is 36.5 Å². The standard InChI is InChI=1S/C26H43N/c1-3-5-7-22-10-14-25(15-11-22)26(20-27)18-16-24(17-19-26)23-12-8-21(6-4-2)9-13-23/h14,21-24H,3-13,15-19H2,1-2H3/t21?,22-,23?,24?,26?/m0/s1. The van der Waals surface area contributed by atoms with Crippen LogP contribution in [0.5, 0.6) is 0 Å². The zero-order chi connectivity index (χ0) is 19.1. The molecule has 0 aromatic rings. The number of hydrogen-bond donors (Lipinski definition) is 0. The Hall–Kier alpha value is -0.770. The second-order valence-corrected chi connectivity index (χ2v) is 10.1. The zero-order valence-corrected chi connectivity index (χ0v) is 18.1. The lowest BCUT2D eigenvalue weighted by atomic mass is 9.61. The van der Waals surface area contributed by atoms with E-state index in [9.17, 15) is 5.26 Å². The number of nitriles is 1. The van der Waals surface area contributed by atoms with Crippen LogP contribution in [-0.2, 0) is 0 Å². The number of unbranched alkanes of at least 4 members (excludes halogenated alkanes) is 1. The summed E-state index contributed by atoms with van der Waals surface area (Å²) in [4.78, 5) is 0. The average Bonchev–Trinajstić information content (AvgIpc) is 2.73. The van der Waals surface area contributed by atoms with Gasteiger partial charge in [0.05, 0.1) is 11.5 Å². The minimum atomic E-state index is -0.0916. The van der Waals surface area contributed by atoms with Crippen molar-refractivity contribution in [2.45, 2.75) is 117 Å². The van der Waals surface area contributed by atoms with Crippen molar-refractivity contribution in [2.75, 3.05) is 0 Å². The van der Waals surface area contributed by atoms with Gasteiger partial charge in [-0.3, -0.25) is 0 Å². The van der Waals surface area contributed by atoms with E-state index in [1.807, 2.05) is 0 Å². The minimum absolute atomic E-state index is 0.0916. The topological polar surface area (TPSA) is 23.8 Å². The SMILES string of the molecule is CCCC[C@H]1CC=C(C2(C#N)CCC(C3CCC(CCC)CC3)CC2)CC1. The molecule has 0 N–H and O–H groups in total. The second kappa shape index (κ2) is 10.1. The van der Waals surface area contributed by atoms with Gasteiger partial charge in [0.15, 0.2) is 0 Å². The second-order valence-electron chi connectivity index (χ2n) is 10.1. The Morgan fingerprint density at radius 1 is 0.889 bits per heavy atom. The first-order valence-corrected chi connectivity index (χ1v) is 12.3. The Morgan fingerprint density at radius 2 is 1.59 bits per heavy atom. The molecule has 0 bridgehead atoms. The van der Waals surface area contributed by atoms with E-state index in [1.165, 1.54) is 95.5 Å². The summed E-state index contributed by atoms with van der Waals surface area (Å²) in [5, 5.41) is 10.1. The molecule has 0 spiro atoms. The van der Waals surface area contributed by atoms with Crippen molar-refractivity contribution in [1.82, 2.24) is 0 Å². The highest BCUT2D eigenvalue weighted by atomic mass is 14.5. The summed E-state index contributed by atoms with van der Waals surface area (Å²) in [5.74, 6) is 3.78. The van der Waals surface area contributed by atoms with Crippen LogP contribution in [0.1, 0.15) is 117 Å². The molecule has 3 aliphatic carbocycles. The predicted octanol–water partition coefficient (Wildman–Crippen LogP) is 8.21. The summed E-state index contributed by atoms with van der Waals surface area (Å²) >= 11 is 0. The Bertz CT molecular complexity index is 509. The molecule has 0 aromatic heterocycles. The molecule has 3 aliphatic rings. The Labute approximate surface area is 169 Å². The predicted molar refractivity (Wildman–Crippen MR) is 115 cm³/mol. The first-order valence-electron chi connectivity index (χ1n) is 12.3. The highest BCUT2D eigenvalue weighted by Crippen LogP contribution is 2.51. The van der Waals surface area contributed by atoms with Gasteiger partial charge in [-0.2, -0.15) is 5.26 Å². The fraction of sp³-hybridized carbons (Fsp3) is 0.885. The van der Waals surface area contributed by atoms with Crippen LogP contribution in [0.2, 0.25) is 0 Å². The van der Waals surface area contributed by atoms with E-state index in [2.05, 4.69) is 26.0 Å². The van der Waals surface area contributed by atoms with E-state index in [4.69, 9.17) is 0 Å². The number of hydrogen-bond acceptors (Lipinski definition) is 1. The van der Waals surface area contributed by atoms with Gasteiger partial charge >= 0.3 is 0 Å². The fourth-order valence-corrected chi connectivity index (χ4v) is 6.54. The maximum atomic E-state index is 10.1. The van der Waals surface area contributed by atoms with E-state index in [-0.39, 0.29) is 5.41 Å². The number of rotatable bonds is 7. The van der Waals surface area contributed by atoms with Crippen molar-refractivity contribution in [3.63, 3.8) is 0 Å². The molecular formula is C26H43N. The molecule has 0 amide bonds. The Balaban J connectivity index is 1.51. The molecule has 3 rings (SSSR count). The van der Waals surface area contributed by atoms with Crippen LogP contribution < -0.4 is 0 Å². The largest absolute Gasteiger partial charge is 0.197 e. The quantitative estimate of drug-likeness (QED) is 0.415. The summed E-state index contributed by atoms with van der Waals surface area (Å²) in [6.45, 7) is 4.63. The molecule has 1 heteroatoms. The molecule has 0 unspecified atom stereocenters. The molecule has 152 valence electrons. The smallest absolute Gasteiger partial charge is 0.0782 e. The van der Waals surface area contributed by atoms with Crippen LogP contribution in [0.3, 0.4) is 0 Å². The molecule has 0 aromatic carbocycles. The van der Waals surface area contributed by atoms with Gasteiger partial charge in [-0.05, 0) is 81.5 Å². The van der Waals surface area contributed by atoms with Gasteiger partial charge < -0.3 is 0 Å². The molecule has 0 heterocycles. The van der Waals surface area contributed by atoms with Crippen molar-refractivity contribution in [3.8, 4) is 6.07 Å². The lowest BCUT2D eigenvalue weighted by Gasteiger charge is -2.42. The van der Waals surface area contributed by atoms with Gasteiger partial charge in [-0.1, -0.05) is 70.4 Å². The molecule has 27 heavy (non-hydrogen) atoms. The van der Waals surface area contributed by atoms with Crippen molar-refractivity contribution in [2.24, 2.45) is 29.1 Å². The summed E-state index contributed by atoms with van der Waals surface area (Å²) in [6, 6.07) is 2.82.